The topological polar surface area (TPSA) is 68.0 Å². The molecule has 17 heavy (non-hydrogen) atoms. The smallest absolute Gasteiger partial charge is 0.354 e. The number of hydrogen-bond acceptors (Lipinski definition) is 3. The number of aromatic nitrogens is 3. The fraction of sp³-hybridized carbons (Fsp3) is 0.250. The Hall–Kier alpha value is -2.17. The fourth-order valence-corrected chi connectivity index (χ4v) is 1.86. The van der Waals surface area contributed by atoms with Crippen LogP contribution in [0.4, 0.5) is 0 Å². The lowest BCUT2D eigenvalue weighted by atomic mass is 10.1. The Morgan fingerprint density at radius 2 is 2.06 bits per heavy atom. The molecule has 2 heterocycles. The van der Waals surface area contributed by atoms with E-state index in [2.05, 4.69) is 10.1 Å². The summed E-state index contributed by atoms with van der Waals surface area (Å²) in [5.41, 5.74) is 3.89. The summed E-state index contributed by atoms with van der Waals surface area (Å²) < 4.78 is 1.80. The van der Waals surface area contributed by atoms with E-state index in [1.165, 1.54) is 6.07 Å². The Morgan fingerprint density at radius 1 is 1.35 bits per heavy atom. The second-order valence-corrected chi connectivity index (χ2v) is 3.91. The Kier molecular flexibility index (Phi) is 2.67. The number of carboxylic acids is 1. The Balaban J connectivity index is 2.50. The quantitative estimate of drug-likeness (QED) is 0.855. The van der Waals surface area contributed by atoms with E-state index in [0.717, 1.165) is 22.5 Å². The van der Waals surface area contributed by atoms with Crippen LogP contribution >= 0.6 is 0 Å². The Bertz CT molecular complexity index is 570. The molecule has 2 rings (SSSR count). The molecule has 0 aliphatic carbocycles. The number of nitrogens with zero attached hydrogens (tertiary/aromatic N) is 3. The highest BCUT2D eigenvalue weighted by Gasteiger charge is 2.12. The van der Waals surface area contributed by atoms with Crippen LogP contribution < -0.4 is 0 Å². The summed E-state index contributed by atoms with van der Waals surface area (Å²) in [6, 6.07) is 3.26. The van der Waals surface area contributed by atoms with Crippen molar-refractivity contribution in [3.63, 3.8) is 0 Å². The first-order chi connectivity index (χ1) is 8.00. The Labute approximate surface area is 98.7 Å². The van der Waals surface area contributed by atoms with Gasteiger partial charge in [-0.1, -0.05) is 6.07 Å². The molecule has 2 aromatic rings. The molecule has 0 aliphatic rings. The van der Waals surface area contributed by atoms with Crippen molar-refractivity contribution in [3.05, 3.63) is 35.4 Å². The minimum Gasteiger partial charge on any atom is -0.477 e. The SMILES string of the molecule is Cc1nn(C)c(C)c1-c1ccc(C(=O)O)nc1. The highest BCUT2D eigenvalue weighted by Crippen LogP contribution is 2.25. The van der Waals surface area contributed by atoms with E-state index in [1.807, 2.05) is 20.9 Å². The molecule has 1 N–H and O–H groups in total. The molecule has 0 unspecified atom stereocenters. The van der Waals surface area contributed by atoms with Crippen LogP contribution in [0.15, 0.2) is 18.3 Å². The van der Waals surface area contributed by atoms with E-state index in [4.69, 9.17) is 5.11 Å². The molecule has 0 saturated carbocycles. The van der Waals surface area contributed by atoms with E-state index in [-0.39, 0.29) is 5.69 Å². The van der Waals surface area contributed by atoms with Gasteiger partial charge < -0.3 is 5.11 Å². The van der Waals surface area contributed by atoms with E-state index in [0.29, 0.717) is 0 Å². The van der Waals surface area contributed by atoms with Crippen molar-refractivity contribution >= 4 is 5.97 Å². The number of carbonyl (C=O) groups is 1. The molecular weight excluding hydrogens is 218 g/mol. The first kappa shape index (κ1) is 11.3. The van der Waals surface area contributed by atoms with Crippen molar-refractivity contribution in [2.45, 2.75) is 13.8 Å². The Morgan fingerprint density at radius 3 is 2.47 bits per heavy atom. The van der Waals surface area contributed by atoms with Gasteiger partial charge in [-0.2, -0.15) is 5.10 Å². The molecule has 88 valence electrons. The third-order valence-corrected chi connectivity index (χ3v) is 2.78. The second-order valence-electron chi connectivity index (χ2n) is 3.91. The minimum atomic E-state index is -1.02. The van der Waals surface area contributed by atoms with Gasteiger partial charge in [0.2, 0.25) is 0 Å². The predicted octanol–water partition coefficient (Wildman–Crippen LogP) is 1.80. The summed E-state index contributed by atoms with van der Waals surface area (Å²) in [7, 11) is 1.88. The summed E-state index contributed by atoms with van der Waals surface area (Å²) in [5.74, 6) is -1.02. The van der Waals surface area contributed by atoms with Gasteiger partial charge in [-0.3, -0.25) is 4.68 Å². The van der Waals surface area contributed by atoms with Crippen LogP contribution in [0.25, 0.3) is 11.1 Å². The maximum absolute atomic E-state index is 10.7. The zero-order valence-corrected chi connectivity index (χ0v) is 9.93. The number of pyridine rings is 1. The molecule has 0 spiro atoms. The van der Waals surface area contributed by atoms with Gasteiger partial charge in [0.05, 0.1) is 5.69 Å². The summed E-state index contributed by atoms with van der Waals surface area (Å²) in [4.78, 5) is 14.6. The lowest BCUT2D eigenvalue weighted by molar-refractivity contribution is 0.0690. The van der Waals surface area contributed by atoms with Crippen molar-refractivity contribution < 1.29 is 9.90 Å². The third kappa shape index (κ3) is 1.91. The first-order valence-electron chi connectivity index (χ1n) is 5.20. The molecule has 0 amide bonds. The lowest BCUT2D eigenvalue weighted by Gasteiger charge is -2.02. The normalized spacial score (nSPS) is 10.5. The van der Waals surface area contributed by atoms with Crippen LogP contribution in [-0.4, -0.2) is 25.8 Å². The molecule has 0 fully saturated rings. The van der Waals surface area contributed by atoms with Gasteiger partial charge in [-0.05, 0) is 19.9 Å². The van der Waals surface area contributed by atoms with Crippen LogP contribution in [0, 0.1) is 13.8 Å². The molecule has 0 bridgehead atoms. The maximum Gasteiger partial charge on any atom is 0.354 e. The second kappa shape index (κ2) is 4.01. The third-order valence-electron chi connectivity index (χ3n) is 2.78. The molecule has 0 saturated heterocycles. The molecule has 5 nitrogen and oxygen atoms in total. The van der Waals surface area contributed by atoms with E-state index >= 15 is 0 Å². The van der Waals surface area contributed by atoms with Gasteiger partial charge in [-0.25, -0.2) is 9.78 Å². The fourth-order valence-electron chi connectivity index (χ4n) is 1.86. The van der Waals surface area contributed by atoms with Crippen LogP contribution in [0.5, 0.6) is 0 Å². The van der Waals surface area contributed by atoms with Gasteiger partial charge in [-0.15, -0.1) is 0 Å². The molecule has 5 heteroatoms. The molecular formula is C12H13N3O2. The molecule has 0 radical (unpaired) electrons. The van der Waals surface area contributed by atoms with Crippen LogP contribution in [-0.2, 0) is 7.05 Å². The van der Waals surface area contributed by atoms with Crippen LogP contribution in [0.2, 0.25) is 0 Å². The maximum atomic E-state index is 10.7. The van der Waals surface area contributed by atoms with Crippen molar-refractivity contribution in [3.8, 4) is 11.1 Å². The van der Waals surface area contributed by atoms with Gasteiger partial charge >= 0.3 is 5.97 Å². The minimum absolute atomic E-state index is 0.0490. The van der Waals surface area contributed by atoms with E-state index in [1.54, 1.807) is 16.9 Å². The number of rotatable bonds is 2. The number of hydrogen-bond donors (Lipinski definition) is 1. The molecule has 0 aliphatic heterocycles. The highest BCUT2D eigenvalue weighted by atomic mass is 16.4. The summed E-state index contributed by atoms with van der Waals surface area (Å²) in [6.45, 7) is 3.90. The van der Waals surface area contributed by atoms with E-state index in [9.17, 15) is 4.79 Å². The average Bonchev–Trinajstić information content (AvgIpc) is 2.53. The van der Waals surface area contributed by atoms with Gasteiger partial charge in [0.15, 0.2) is 0 Å². The predicted molar refractivity (Wildman–Crippen MR) is 62.9 cm³/mol. The number of aryl methyl sites for hydroxylation is 2. The van der Waals surface area contributed by atoms with Crippen LogP contribution in [0.1, 0.15) is 21.9 Å². The highest BCUT2D eigenvalue weighted by molar-refractivity contribution is 5.85. The van der Waals surface area contributed by atoms with Gasteiger partial charge in [0.1, 0.15) is 5.69 Å². The zero-order chi connectivity index (χ0) is 12.6. The number of aromatic carboxylic acids is 1. The zero-order valence-electron chi connectivity index (χ0n) is 9.93. The van der Waals surface area contributed by atoms with Crippen molar-refractivity contribution in [2.24, 2.45) is 7.05 Å². The van der Waals surface area contributed by atoms with Crippen molar-refractivity contribution in [1.82, 2.24) is 14.8 Å². The molecule has 0 atom stereocenters. The van der Waals surface area contributed by atoms with Crippen molar-refractivity contribution in [1.29, 1.82) is 0 Å². The molecule has 2 aromatic heterocycles. The summed E-state index contributed by atoms with van der Waals surface area (Å²) >= 11 is 0. The monoisotopic (exact) mass is 231 g/mol. The average molecular weight is 231 g/mol. The lowest BCUT2D eigenvalue weighted by Crippen LogP contribution is -1.99. The standard InChI is InChI=1S/C12H13N3O2/c1-7-11(8(2)15(3)14-7)9-4-5-10(12(16)17)13-6-9/h4-6H,1-3H3,(H,16,17). The van der Waals surface area contributed by atoms with Gasteiger partial charge in [0, 0.05) is 30.1 Å². The van der Waals surface area contributed by atoms with E-state index < -0.39 is 5.97 Å². The van der Waals surface area contributed by atoms with Crippen LogP contribution in [0.3, 0.4) is 0 Å². The largest absolute Gasteiger partial charge is 0.477 e. The molecule has 0 aromatic carbocycles. The number of carboxylic acid groups (broad SMARTS) is 1. The van der Waals surface area contributed by atoms with Crippen molar-refractivity contribution in [2.75, 3.05) is 0 Å². The first-order valence-corrected chi connectivity index (χ1v) is 5.20. The summed E-state index contributed by atoms with van der Waals surface area (Å²) in [5, 5.41) is 13.1. The summed E-state index contributed by atoms with van der Waals surface area (Å²) in [6.07, 6.45) is 1.57. The van der Waals surface area contributed by atoms with Gasteiger partial charge in [0.25, 0.3) is 0 Å².